The SMILES string of the molecule is O=C(c1cc(C(F)(F)F)cc(C(F)(F)F)c1)N1CCC2(CC1)SCCN2C(=O)c1cccs1. The van der Waals surface area contributed by atoms with Gasteiger partial charge in [0.2, 0.25) is 0 Å². The van der Waals surface area contributed by atoms with E-state index in [0.717, 1.165) is 0 Å². The highest BCUT2D eigenvalue weighted by Crippen LogP contribution is 2.45. The maximum atomic E-state index is 13.1. The van der Waals surface area contributed by atoms with Crippen molar-refractivity contribution in [2.24, 2.45) is 0 Å². The topological polar surface area (TPSA) is 40.6 Å². The first-order valence-corrected chi connectivity index (χ1v) is 11.9. The lowest BCUT2D eigenvalue weighted by molar-refractivity contribution is -0.143. The standard InChI is InChI=1S/C21H18F6N2O2S2/c22-20(23,24)14-10-13(11-15(12-14)21(25,26)27)17(30)28-5-3-19(4-6-28)29(7-9-33-19)18(31)16-2-1-8-32-16/h1-2,8,10-12H,3-7,9H2. The van der Waals surface area contributed by atoms with Crippen LogP contribution >= 0.6 is 23.1 Å². The predicted molar refractivity (Wildman–Crippen MR) is 112 cm³/mol. The van der Waals surface area contributed by atoms with Crippen LogP contribution < -0.4 is 0 Å². The first kappa shape index (κ1) is 23.9. The van der Waals surface area contributed by atoms with Gasteiger partial charge in [0.25, 0.3) is 11.8 Å². The van der Waals surface area contributed by atoms with Crippen molar-refractivity contribution >= 4 is 34.9 Å². The van der Waals surface area contributed by atoms with Crippen LogP contribution in [0.2, 0.25) is 0 Å². The summed E-state index contributed by atoms with van der Waals surface area (Å²) in [6.45, 7) is 0.785. The zero-order valence-corrected chi connectivity index (χ0v) is 18.6. The number of hydrogen-bond donors (Lipinski definition) is 0. The first-order valence-electron chi connectivity index (χ1n) is 9.99. The molecule has 2 amide bonds. The molecule has 33 heavy (non-hydrogen) atoms. The van der Waals surface area contributed by atoms with Crippen LogP contribution in [0.3, 0.4) is 0 Å². The Balaban J connectivity index is 1.53. The minimum atomic E-state index is -5.02. The van der Waals surface area contributed by atoms with Crippen molar-refractivity contribution < 1.29 is 35.9 Å². The summed E-state index contributed by atoms with van der Waals surface area (Å²) in [5.74, 6) is -0.281. The van der Waals surface area contributed by atoms with Gasteiger partial charge in [-0.1, -0.05) is 6.07 Å². The Morgan fingerprint density at radius 1 is 0.879 bits per heavy atom. The van der Waals surface area contributed by atoms with Crippen LogP contribution in [0.5, 0.6) is 0 Å². The number of rotatable bonds is 2. The Morgan fingerprint density at radius 2 is 1.48 bits per heavy atom. The van der Waals surface area contributed by atoms with Gasteiger partial charge < -0.3 is 9.80 Å². The molecule has 0 unspecified atom stereocenters. The van der Waals surface area contributed by atoms with Crippen LogP contribution in [0.1, 0.15) is 44.0 Å². The fraction of sp³-hybridized carbons (Fsp3) is 0.429. The number of amides is 2. The van der Waals surface area contributed by atoms with Crippen molar-refractivity contribution in [3.8, 4) is 0 Å². The highest BCUT2D eigenvalue weighted by molar-refractivity contribution is 8.00. The molecule has 2 saturated heterocycles. The van der Waals surface area contributed by atoms with E-state index in [1.807, 2.05) is 0 Å². The smallest absolute Gasteiger partial charge is 0.338 e. The minimum Gasteiger partial charge on any atom is -0.338 e. The van der Waals surface area contributed by atoms with Crippen LogP contribution in [0.4, 0.5) is 26.3 Å². The molecule has 1 aromatic carbocycles. The van der Waals surface area contributed by atoms with Gasteiger partial charge in [-0.2, -0.15) is 26.3 Å². The van der Waals surface area contributed by atoms with E-state index in [0.29, 0.717) is 42.1 Å². The molecule has 4 nitrogen and oxygen atoms in total. The molecule has 2 aliphatic rings. The lowest BCUT2D eigenvalue weighted by Crippen LogP contribution is -2.53. The van der Waals surface area contributed by atoms with Crippen LogP contribution in [0.15, 0.2) is 35.7 Å². The van der Waals surface area contributed by atoms with E-state index in [2.05, 4.69) is 0 Å². The second kappa shape index (κ2) is 8.53. The summed E-state index contributed by atoms with van der Waals surface area (Å²) in [6, 6.07) is 4.43. The molecule has 0 aliphatic carbocycles. The van der Waals surface area contributed by atoms with Crippen LogP contribution in [0.25, 0.3) is 0 Å². The number of halogens is 6. The van der Waals surface area contributed by atoms with E-state index in [9.17, 15) is 35.9 Å². The second-order valence-corrected chi connectivity index (χ2v) is 10.2. The van der Waals surface area contributed by atoms with E-state index in [1.165, 1.54) is 16.2 Å². The monoisotopic (exact) mass is 508 g/mol. The molecule has 0 atom stereocenters. The van der Waals surface area contributed by atoms with Crippen molar-refractivity contribution in [1.82, 2.24) is 9.80 Å². The molecular formula is C21H18F6N2O2S2. The van der Waals surface area contributed by atoms with E-state index < -0.39 is 39.8 Å². The van der Waals surface area contributed by atoms with Crippen LogP contribution in [-0.2, 0) is 12.4 Å². The third kappa shape index (κ3) is 4.72. The number of alkyl halides is 6. The van der Waals surface area contributed by atoms with Crippen molar-refractivity contribution in [3.63, 3.8) is 0 Å². The fourth-order valence-corrected chi connectivity index (χ4v) is 6.29. The molecule has 1 spiro atoms. The normalized spacial score (nSPS) is 18.7. The molecule has 3 heterocycles. The molecule has 2 aromatic rings. The Morgan fingerprint density at radius 3 is 2.00 bits per heavy atom. The summed E-state index contributed by atoms with van der Waals surface area (Å²) >= 11 is 2.92. The lowest BCUT2D eigenvalue weighted by Gasteiger charge is -2.44. The summed E-state index contributed by atoms with van der Waals surface area (Å²) in [5, 5.41) is 1.80. The van der Waals surface area contributed by atoms with Crippen LogP contribution in [-0.4, -0.2) is 51.9 Å². The maximum Gasteiger partial charge on any atom is 0.416 e. The van der Waals surface area contributed by atoms with E-state index in [4.69, 9.17) is 0 Å². The number of nitrogens with zero attached hydrogens (tertiary/aromatic N) is 2. The Labute approximate surface area is 193 Å². The third-order valence-corrected chi connectivity index (χ3v) is 8.23. The largest absolute Gasteiger partial charge is 0.416 e. The van der Waals surface area contributed by atoms with Gasteiger partial charge in [-0.3, -0.25) is 9.59 Å². The summed E-state index contributed by atoms with van der Waals surface area (Å²) in [4.78, 5) is 28.9. The minimum absolute atomic E-state index is 0.00517. The zero-order valence-electron chi connectivity index (χ0n) is 17.0. The van der Waals surface area contributed by atoms with Gasteiger partial charge in [0.15, 0.2) is 0 Å². The fourth-order valence-electron chi connectivity index (χ4n) is 4.16. The molecule has 1 aromatic heterocycles. The number of likely N-dealkylation sites (tertiary alicyclic amines) is 1. The van der Waals surface area contributed by atoms with Crippen molar-refractivity contribution in [3.05, 3.63) is 57.3 Å². The third-order valence-electron chi connectivity index (χ3n) is 5.82. The molecule has 12 heteroatoms. The molecule has 0 bridgehead atoms. The second-order valence-electron chi connectivity index (χ2n) is 7.82. The van der Waals surface area contributed by atoms with Gasteiger partial charge in [0.1, 0.15) is 0 Å². The molecule has 2 fully saturated rings. The van der Waals surface area contributed by atoms with Crippen molar-refractivity contribution in [1.29, 1.82) is 0 Å². The first-order chi connectivity index (χ1) is 15.4. The van der Waals surface area contributed by atoms with Gasteiger partial charge in [0.05, 0.1) is 20.9 Å². The molecule has 0 saturated carbocycles. The number of hydrogen-bond acceptors (Lipinski definition) is 4. The van der Waals surface area contributed by atoms with E-state index in [1.54, 1.807) is 34.2 Å². The van der Waals surface area contributed by atoms with Crippen molar-refractivity contribution in [2.75, 3.05) is 25.4 Å². The van der Waals surface area contributed by atoms with E-state index in [-0.39, 0.29) is 25.1 Å². The average molecular weight is 509 g/mol. The van der Waals surface area contributed by atoms with Gasteiger partial charge in [0, 0.05) is 31.0 Å². The van der Waals surface area contributed by atoms with Gasteiger partial charge in [-0.05, 0) is 42.5 Å². The number of thiophene rings is 1. The summed E-state index contributed by atoms with van der Waals surface area (Å²) < 4.78 is 78.9. The van der Waals surface area contributed by atoms with Crippen molar-refractivity contribution in [2.45, 2.75) is 30.1 Å². The molecule has 4 rings (SSSR count). The van der Waals surface area contributed by atoms with Gasteiger partial charge in [-0.25, -0.2) is 0 Å². The number of piperidine rings is 1. The Hall–Kier alpha value is -2.21. The quantitative estimate of drug-likeness (QED) is 0.496. The van der Waals surface area contributed by atoms with Gasteiger partial charge >= 0.3 is 12.4 Å². The summed E-state index contributed by atoms with van der Waals surface area (Å²) in [7, 11) is 0. The highest BCUT2D eigenvalue weighted by Gasteiger charge is 2.47. The molecule has 178 valence electrons. The lowest BCUT2D eigenvalue weighted by atomic mass is 9.99. The predicted octanol–water partition coefficient (Wildman–Crippen LogP) is 5.61. The van der Waals surface area contributed by atoms with Gasteiger partial charge in [-0.15, -0.1) is 23.1 Å². The zero-order chi connectivity index (χ0) is 24.0. The molecule has 2 aliphatic heterocycles. The Kier molecular flexibility index (Phi) is 6.19. The highest BCUT2D eigenvalue weighted by atomic mass is 32.2. The molecule has 0 radical (unpaired) electrons. The summed E-state index contributed by atoms with van der Waals surface area (Å²) in [6.07, 6.45) is -9.28. The number of carbonyl (C=O) groups is 2. The number of benzene rings is 1. The number of carbonyl (C=O) groups excluding carboxylic acids is 2. The van der Waals surface area contributed by atoms with Crippen LogP contribution in [0, 0.1) is 0 Å². The maximum absolute atomic E-state index is 13.1. The average Bonchev–Trinajstić information content (AvgIpc) is 3.42. The van der Waals surface area contributed by atoms with E-state index >= 15 is 0 Å². The molecular weight excluding hydrogens is 490 g/mol. The summed E-state index contributed by atoms with van der Waals surface area (Å²) in [5.41, 5.74) is -3.69. The molecule has 0 N–H and O–H groups in total. The number of thioether (sulfide) groups is 1. The Bertz CT molecular complexity index is 1010.